The van der Waals surface area contributed by atoms with E-state index in [-0.39, 0.29) is 23.2 Å². The standard InChI is InChI=1S/C19H22ClF3NO4PS/c1-18(24,8-9-29(26,27)28)7-6-12-2-4-14(11-15(12)20)30-17-10-13(19(21,22)23)3-5-16(17)25/h2-5,10-11,25H,6-9,24H2,1H3,(H2,26,27,28)/t18-/m0/s1. The molecule has 0 aliphatic heterocycles. The lowest BCUT2D eigenvalue weighted by Gasteiger charge is -2.25. The quantitative estimate of drug-likeness (QED) is 0.373. The Balaban J connectivity index is 2.08. The van der Waals surface area contributed by atoms with Crippen molar-refractivity contribution in [2.75, 3.05) is 6.16 Å². The van der Waals surface area contributed by atoms with Crippen LogP contribution in [0.4, 0.5) is 13.2 Å². The first kappa shape index (κ1) is 25.0. The van der Waals surface area contributed by atoms with E-state index in [1.807, 2.05) is 0 Å². The number of benzene rings is 2. The third-order valence-corrected chi connectivity index (χ3v) is 6.67. The molecule has 0 spiro atoms. The third kappa shape index (κ3) is 7.80. The van der Waals surface area contributed by atoms with E-state index in [1.165, 1.54) is 0 Å². The molecule has 0 amide bonds. The number of aromatic hydroxyl groups is 1. The van der Waals surface area contributed by atoms with Gasteiger partial charge in [-0.3, -0.25) is 4.57 Å². The first-order chi connectivity index (χ1) is 13.7. The number of nitrogens with two attached hydrogens (primary N) is 1. The second-order valence-electron chi connectivity index (χ2n) is 7.33. The molecule has 0 aromatic heterocycles. The van der Waals surface area contributed by atoms with E-state index in [0.717, 1.165) is 35.5 Å². The number of rotatable bonds is 8. The number of alkyl halides is 3. The average Bonchev–Trinajstić information content (AvgIpc) is 2.60. The van der Waals surface area contributed by atoms with Crippen molar-refractivity contribution in [2.45, 2.75) is 47.7 Å². The van der Waals surface area contributed by atoms with Crippen LogP contribution in [0.25, 0.3) is 0 Å². The molecule has 2 aromatic carbocycles. The summed E-state index contributed by atoms with van der Waals surface area (Å²) in [5.41, 5.74) is 5.21. The molecule has 0 unspecified atom stereocenters. The zero-order valence-electron chi connectivity index (χ0n) is 16.0. The highest BCUT2D eigenvalue weighted by atomic mass is 35.5. The molecular weight excluding hydrogens is 462 g/mol. The minimum atomic E-state index is -4.51. The van der Waals surface area contributed by atoms with Crippen molar-refractivity contribution >= 4 is 31.0 Å². The molecule has 11 heteroatoms. The topological polar surface area (TPSA) is 104 Å². The highest BCUT2D eigenvalue weighted by Gasteiger charge is 2.31. The summed E-state index contributed by atoms with van der Waals surface area (Å²) in [5.74, 6) is -0.267. The molecule has 1 atom stereocenters. The van der Waals surface area contributed by atoms with Gasteiger partial charge in [-0.05, 0) is 62.1 Å². The number of hydrogen-bond acceptors (Lipinski definition) is 4. The summed E-state index contributed by atoms with van der Waals surface area (Å²) >= 11 is 7.25. The van der Waals surface area contributed by atoms with Gasteiger partial charge in [-0.25, -0.2) is 0 Å². The normalized spacial score (nSPS) is 14.5. The molecule has 0 bridgehead atoms. The molecule has 0 fully saturated rings. The van der Waals surface area contributed by atoms with Crippen LogP contribution in [0.2, 0.25) is 5.02 Å². The van der Waals surface area contributed by atoms with Gasteiger partial charge in [0.15, 0.2) is 0 Å². The van der Waals surface area contributed by atoms with Crippen LogP contribution in [-0.2, 0) is 17.2 Å². The van der Waals surface area contributed by atoms with Gasteiger partial charge < -0.3 is 20.6 Å². The Morgan fingerprint density at radius 1 is 1.13 bits per heavy atom. The Bertz CT molecular complexity index is 950. The third-order valence-electron chi connectivity index (χ3n) is 4.48. The Morgan fingerprint density at radius 3 is 2.37 bits per heavy atom. The maximum Gasteiger partial charge on any atom is 0.416 e. The van der Waals surface area contributed by atoms with Gasteiger partial charge >= 0.3 is 13.8 Å². The van der Waals surface area contributed by atoms with Crippen molar-refractivity contribution in [1.82, 2.24) is 0 Å². The number of halogens is 4. The summed E-state index contributed by atoms with van der Waals surface area (Å²) in [4.78, 5) is 18.6. The molecule has 0 heterocycles. The predicted octanol–water partition coefficient (Wildman–Crippen LogP) is 5.43. The first-order valence-electron chi connectivity index (χ1n) is 8.86. The summed E-state index contributed by atoms with van der Waals surface area (Å²) < 4.78 is 49.7. The second-order valence-corrected chi connectivity index (χ2v) is 10.6. The van der Waals surface area contributed by atoms with Gasteiger partial charge in [0.25, 0.3) is 0 Å². The van der Waals surface area contributed by atoms with Crippen molar-refractivity contribution in [3.05, 3.63) is 52.5 Å². The number of aryl methyl sites for hydroxylation is 1. The lowest BCUT2D eigenvalue weighted by atomic mass is 9.92. The zero-order valence-corrected chi connectivity index (χ0v) is 18.5. The number of hydrogen-bond donors (Lipinski definition) is 4. The van der Waals surface area contributed by atoms with Gasteiger partial charge in [0.05, 0.1) is 16.6 Å². The molecule has 5 N–H and O–H groups in total. The van der Waals surface area contributed by atoms with Gasteiger partial charge in [-0.2, -0.15) is 13.2 Å². The van der Waals surface area contributed by atoms with Crippen LogP contribution < -0.4 is 5.73 Å². The Labute approximate surface area is 181 Å². The molecule has 0 saturated heterocycles. The summed E-state index contributed by atoms with van der Waals surface area (Å²) in [6, 6.07) is 7.67. The fraction of sp³-hybridized carbons (Fsp3) is 0.368. The SMILES string of the molecule is C[C@](N)(CCc1ccc(Sc2cc(C(F)(F)F)ccc2O)cc1Cl)CCP(=O)(O)O. The van der Waals surface area contributed by atoms with Crippen LogP contribution in [0.5, 0.6) is 5.75 Å². The molecule has 30 heavy (non-hydrogen) atoms. The van der Waals surface area contributed by atoms with Crippen molar-refractivity contribution in [1.29, 1.82) is 0 Å². The average molecular weight is 484 g/mol. The lowest BCUT2D eigenvalue weighted by Crippen LogP contribution is -2.37. The Morgan fingerprint density at radius 2 is 1.80 bits per heavy atom. The van der Waals surface area contributed by atoms with Crippen molar-refractivity contribution < 1.29 is 32.6 Å². The van der Waals surface area contributed by atoms with Gasteiger partial charge in [-0.1, -0.05) is 29.4 Å². The van der Waals surface area contributed by atoms with Crippen molar-refractivity contribution in [3.63, 3.8) is 0 Å². The zero-order chi connectivity index (χ0) is 22.7. The summed E-state index contributed by atoms with van der Waals surface area (Å²) in [6.07, 6.45) is -3.76. The van der Waals surface area contributed by atoms with E-state index in [9.17, 15) is 22.8 Å². The van der Waals surface area contributed by atoms with Crippen LogP contribution >= 0.6 is 31.0 Å². The minimum Gasteiger partial charge on any atom is -0.507 e. The van der Waals surface area contributed by atoms with Gasteiger partial charge in [-0.15, -0.1) is 0 Å². The van der Waals surface area contributed by atoms with Crippen LogP contribution in [-0.4, -0.2) is 26.6 Å². The Hall–Kier alpha value is -1.22. The number of phenols is 1. The van der Waals surface area contributed by atoms with E-state index in [4.69, 9.17) is 27.1 Å². The molecule has 2 aromatic rings. The maximum absolute atomic E-state index is 12.9. The predicted molar refractivity (Wildman–Crippen MR) is 111 cm³/mol. The van der Waals surface area contributed by atoms with Gasteiger partial charge in [0.2, 0.25) is 0 Å². The van der Waals surface area contributed by atoms with Crippen LogP contribution in [0.15, 0.2) is 46.2 Å². The van der Waals surface area contributed by atoms with E-state index in [1.54, 1.807) is 25.1 Å². The van der Waals surface area contributed by atoms with E-state index in [0.29, 0.717) is 22.8 Å². The molecule has 0 saturated carbocycles. The molecule has 5 nitrogen and oxygen atoms in total. The van der Waals surface area contributed by atoms with E-state index >= 15 is 0 Å². The van der Waals surface area contributed by atoms with Gasteiger partial charge in [0, 0.05) is 15.5 Å². The molecule has 166 valence electrons. The molecular formula is C19H22ClF3NO4PS. The van der Waals surface area contributed by atoms with Crippen molar-refractivity contribution in [3.8, 4) is 5.75 Å². The van der Waals surface area contributed by atoms with E-state index < -0.39 is 24.9 Å². The molecule has 0 aliphatic rings. The highest BCUT2D eigenvalue weighted by Crippen LogP contribution is 2.40. The maximum atomic E-state index is 12.9. The smallest absolute Gasteiger partial charge is 0.416 e. The van der Waals surface area contributed by atoms with Crippen LogP contribution in [0, 0.1) is 0 Å². The summed E-state index contributed by atoms with van der Waals surface area (Å²) in [7, 11) is -4.13. The first-order valence-corrected chi connectivity index (χ1v) is 11.9. The van der Waals surface area contributed by atoms with Crippen LogP contribution in [0.3, 0.4) is 0 Å². The second kappa shape index (κ2) is 9.51. The van der Waals surface area contributed by atoms with Crippen molar-refractivity contribution in [2.24, 2.45) is 5.73 Å². The minimum absolute atomic E-state index is 0.0561. The molecule has 0 aliphatic carbocycles. The lowest BCUT2D eigenvalue weighted by molar-refractivity contribution is -0.137. The summed E-state index contributed by atoms with van der Waals surface area (Å²) in [6.45, 7) is 1.71. The summed E-state index contributed by atoms with van der Waals surface area (Å²) in [5, 5.41) is 10.3. The highest BCUT2D eigenvalue weighted by molar-refractivity contribution is 7.99. The largest absolute Gasteiger partial charge is 0.507 e. The Kier molecular flexibility index (Phi) is 7.94. The van der Waals surface area contributed by atoms with E-state index in [2.05, 4.69) is 0 Å². The molecule has 2 rings (SSSR count). The number of phenolic OH excluding ortho intramolecular Hbond substituents is 1. The van der Waals surface area contributed by atoms with Crippen LogP contribution in [0.1, 0.15) is 30.9 Å². The fourth-order valence-corrected chi connectivity index (χ4v) is 4.71. The monoisotopic (exact) mass is 483 g/mol. The fourth-order valence-electron chi connectivity index (χ4n) is 2.64. The van der Waals surface area contributed by atoms with Gasteiger partial charge in [0.1, 0.15) is 5.75 Å². The molecule has 0 radical (unpaired) electrons.